The van der Waals surface area contributed by atoms with Crippen molar-refractivity contribution in [1.82, 2.24) is 9.55 Å². The molecule has 1 aliphatic carbocycles. The molecule has 1 saturated carbocycles. The van der Waals surface area contributed by atoms with Gasteiger partial charge in [-0.15, -0.1) is 0 Å². The number of hydrogen-bond acceptors (Lipinski definition) is 2. The summed E-state index contributed by atoms with van der Waals surface area (Å²) >= 11 is 0. The average molecular weight is 212 g/mol. The second-order valence-corrected chi connectivity index (χ2v) is 4.09. The highest BCUT2D eigenvalue weighted by Gasteiger charge is 2.25. The van der Waals surface area contributed by atoms with Crippen molar-refractivity contribution in [3.05, 3.63) is 53.1 Å². The quantitative estimate of drug-likeness (QED) is 0.765. The van der Waals surface area contributed by atoms with Gasteiger partial charge in [-0.1, -0.05) is 30.3 Å². The molecule has 1 aromatic heterocycles. The third kappa shape index (κ3) is 1.54. The maximum absolute atomic E-state index is 12.2. The largest absolute Gasteiger partial charge is 0.309 e. The van der Waals surface area contributed by atoms with Gasteiger partial charge in [0.2, 0.25) is 0 Å². The van der Waals surface area contributed by atoms with Gasteiger partial charge in [-0.25, -0.2) is 4.98 Å². The van der Waals surface area contributed by atoms with Gasteiger partial charge in [0.1, 0.15) is 5.69 Å². The van der Waals surface area contributed by atoms with Gasteiger partial charge in [-0.3, -0.25) is 4.79 Å². The highest BCUT2D eigenvalue weighted by molar-refractivity contribution is 5.57. The summed E-state index contributed by atoms with van der Waals surface area (Å²) in [6.45, 7) is 0. The molecular formula is C13H12N2O. The van der Waals surface area contributed by atoms with Gasteiger partial charge in [0, 0.05) is 24.0 Å². The van der Waals surface area contributed by atoms with E-state index in [9.17, 15) is 4.79 Å². The highest BCUT2D eigenvalue weighted by atomic mass is 16.1. The molecule has 0 radical (unpaired) electrons. The molecule has 0 spiro atoms. The van der Waals surface area contributed by atoms with Crippen LogP contribution in [0.25, 0.3) is 11.3 Å². The summed E-state index contributed by atoms with van der Waals surface area (Å²) in [6.07, 6.45) is 5.71. The van der Waals surface area contributed by atoms with Crippen LogP contribution >= 0.6 is 0 Å². The SMILES string of the molecule is O=c1c(-c2ccccc2)nccn1C1CC1. The summed E-state index contributed by atoms with van der Waals surface area (Å²) in [5, 5.41) is 0. The molecule has 3 nitrogen and oxygen atoms in total. The Morgan fingerprint density at radius 3 is 2.62 bits per heavy atom. The molecule has 2 aromatic rings. The van der Waals surface area contributed by atoms with Crippen LogP contribution in [0.2, 0.25) is 0 Å². The van der Waals surface area contributed by atoms with E-state index >= 15 is 0 Å². The zero-order valence-electron chi connectivity index (χ0n) is 8.84. The summed E-state index contributed by atoms with van der Waals surface area (Å²) in [6, 6.07) is 10.0. The first kappa shape index (κ1) is 9.33. The Kier molecular flexibility index (Phi) is 2.10. The Hall–Kier alpha value is -1.90. The van der Waals surface area contributed by atoms with Crippen molar-refractivity contribution >= 4 is 0 Å². The third-order valence-electron chi connectivity index (χ3n) is 2.86. The molecule has 0 atom stereocenters. The molecule has 1 aromatic carbocycles. The number of rotatable bonds is 2. The van der Waals surface area contributed by atoms with Crippen molar-refractivity contribution in [2.75, 3.05) is 0 Å². The number of aromatic nitrogens is 2. The molecule has 0 aliphatic heterocycles. The number of hydrogen-bond donors (Lipinski definition) is 0. The fourth-order valence-electron chi connectivity index (χ4n) is 1.86. The van der Waals surface area contributed by atoms with Crippen LogP contribution in [0.1, 0.15) is 18.9 Å². The molecule has 16 heavy (non-hydrogen) atoms. The monoisotopic (exact) mass is 212 g/mol. The Morgan fingerprint density at radius 1 is 1.19 bits per heavy atom. The van der Waals surface area contributed by atoms with Gasteiger partial charge in [0.25, 0.3) is 5.56 Å². The fourth-order valence-corrected chi connectivity index (χ4v) is 1.86. The second kappa shape index (κ2) is 3.59. The Morgan fingerprint density at radius 2 is 1.94 bits per heavy atom. The predicted molar refractivity (Wildman–Crippen MR) is 62.2 cm³/mol. The normalized spacial score (nSPS) is 15.0. The van der Waals surface area contributed by atoms with Crippen molar-refractivity contribution in [3.8, 4) is 11.3 Å². The smallest absolute Gasteiger partial charge is 0.277 e. The molecule has 0 amide bonds. The molecule has 3 heteroatoms. The summed E-state index contributed by atoms with van der Waals surface area (Å²) in [4.78, 5) is 16.3. The van der Waals surface area contributed by atoms with E-state index in [1.165, 1.54) is 0 Å². The minimum absolute atomic E-state index is 0.0243. The van der Waals surface area contributed by atoms with E-state index in [2.05, 4.69) is 4.98 Å². The van der Waals surface area contributed by atoms with E-state index in [-0.39, 0.29) is 5.56 Å². The highest BCUT2D eigenvalue weighted by Crippen LogP contribution is 2.33. The van der Waals surface area contributed by atoms with Gasteiger partial charge in [0.15, 0.2) is 0 Å². The van der Waals surface area contributed by atoms with Gasteiger partial charge in [-0.2, -0.15) is 0 Å². The van der Waals surface area contributed by atoms with E-state index in [0.29, 0.717) is 11.7 Å². The first-order chi connectivity index (χ1) is 7.86. The van der Waals surface area contributed by atoms with Crippen molar-refractivity contribution in [3.63, 3.8) is 0 Å². The maximum atomic E-state index is 12.2. The zero-order chi connectivity index (χ0) is 11.0. The maximum Gasteiger partial charge on any atom is 0.277 e. The second-order valence-electron chi connectivity index (χ2n) is 4.09. The molecular weight excluding hydrogens is 200 g/mol. The van der Waals surface area contributed by atoms with Crippen molar-refractivity contribution < 1.29 is 0 Å². The van der Waals surface area contributed by atoms with E-state index in [1.807, 2.05) is 30.3 Å². The third-order valence-corrected chi connectivity index (χ3v) is 2.86. The summed E-state index contributed by atoms with van der Waals surface area (Å²) in [5.41, 5.74) is 1.47. The Balaban J connectivity index is 2.15. The van der Waals surface area contributed by atoms with Crippen molar-refractivity contribution in [1.29, 1.82) is 0 Å². The van der Waals surface area contributed by atoms with E-state index in [0.717, 1.165) is 18.4 Å². The predicted octanol–water partition coefficient (Wildman–Crippen LogP) is 2.25. The Bertz CT molecular complexity index is 556. The van der Waals surface area contributed by atoms with Crippen molar-refractivity contribution in [2.24, 2.45) is 0 Å². The van der Waals surface area contributed by atoms with Gasteiger partial charge >= 0.3 is 0 Å². The lowest BCUT2D eigenvalue weighted by atomic mass is 10.1. The van der Waals surface area contributed by atoms with Crippen LogP contribution in [0.5, 0.6) is 0 Å². The molecule has 3 rings (SSSR count). The van der Waals surface area contributed by atoms with E-state index in [4.69, 9.17) is 0 Å². The molecule has 0 bridgehead atoms. The minimum Gasteiger partial charge on any atom is -0.309 e. The molecule has 1 heterocycles. The number of nitrogens with zero attached hydrogens (tertiary/aromatic N) is 2. The topological polar surface area (TPSA) is 34.9 Å². The standard InChI is InChI=1S/C13H12N2O/c16-13-12(10-4-2-1-3-5-10)14-8-9-15(13)11-6-7-11/h1-5,8-9,11H,6-7H2. The first-order valence-corrected chi connectivity index (χ1v) is 5.49. The molecule has 0 unspecified atom stereocenters. The fraction of sp³-hybridized carbons (Fsp3) is 0.231. The molecule has 0 N–H and O–H groups in total. The first-order valence-electron chi connectivity index (χ1n) is 5.49. The van der Waals surface area contributed by atoms with Gasteiger partial charge in [-0.05, 0) is 12.8 Å². The van der Waals surface area contributed by atoms with Crippen LogP contribution in [-0.2, 0) is 0 Å². The Labute approximate surface area is 93.4 Å². The van der Waals surface area contributed by atoms with Gasteiger partial charge < -0.3 is 4.57 Å². The summed E-state index contributed by atoms with van der Waals surface area (Å²) in [5.74, 6) is 0. The van der Waals surface area contributed by atoms with Gasteiger partial charge in [0.05, 0.1) is 0 Å². The molecule has 1 aliphatic rings. The van der Waals surface area contributed by atoms with Crippen LogP contribution in [-0.4, -0.2) is 9.55 Å². The molecule has 0 saturated heterocycles. The lowest BCUT2D eigenvalue weighted by molar-refractivity contribution is 0.701. The van der Waals surface area contributed by atoms with E-state index in [1.54, 1.807) is 17.0 Å². The molecule has 80 valence electrons. The number of benzene rings is 1. The van der Waals surface area contributed by atoms with Crippen LogP contribution in [0.3, 0.4) is 0 Å². The lowest BCUT2D eigenvalue weighted by Gasteiger charge is -2.05. The lowest BCUT2D eigenvalue weighted by Crippen LogP contribution is -2.21. The minimum atomic E-state index is 0.0243. The summed E-state index contributed by atoms with van der Waals surface area (Å²) < 4.78 is 1.80. The summed E-state index contributed by atoms with van der Waals surface area (Å²) in [7, 11) is 0. The average Bonchev–Trinajstić information content (AvgIpc) is 3.15. The van der Waals surface area contributed by atoms with Crippen molar-refractivity contribution in [2.45, 2.75) is 18.9 Å². The zero-order valence-corrected chi connectivity index (χ0v) is 8.84. The molecule has 1 fully saturated rings. The van der Waals surface area contributed by atoms with Crippen LogP contribution in [0.4, 0.5) is 0 Å². The van der Waals surface area contributed by atoms with E-state index < -0.39 is 0 Å². The van der Waals surface area contributed by atoms with Crippen LogP contribution in [0.15, 0.2) is 47.5 Å². The van der Waals surface area contributed by atoms with Crippen LogP contribution < -0.4 is 5.56 Å². The van der Waals surface area contributed by atoms with Crippen LogP contribution in [0, 0.1) is 0 Å².